The maximum absolute atomic E-state index is 11.7. The standard InChI is InChI=1S/C14H14N2O6/c17-11(16-6-7-21-14(16)20)9-22-12(18)8-15-13(19)10-4-2-1-3-5-10/h1-5H,6-9H2,(H,15,19). The maximum atomic E-state index is 11.7. The first kappa shape index (κ1) is 15.5. The molecule has 22 heavy (non-hydrogen) atoms. The fraction of sp³-hybridized carbons (Fsp3) is 0.286. The predicted octanol–water partition coefficient (Wildman–Crippen LogP) is -0.0616. The molecule has 1 aliphatic rings. The zero-order valence-corrected chi connectivity index (χ0v) is 11.6. The molecule has 1 aliphatic heterocycles. The molecule has 1 saturated heterocycles. The lowest BCUT2D eigenvalue weighted by Gasteiger charge is -2.11. The molecule has 3 amide bonds. The number of benzene rings is 1. The first-order valence-electron chi connectivity index (χ1n) is 6.54. The summed E-state index contributed by atoms with van der Waals surface area (Å²) in [5, 5.41) is 2.37. The normalized spacial score (nSPS) is 13.5. The van der Waals surface area contributed by atoms with E-state index in [9.17, 15) is 19.2 Å². The van der Waals surface area contributed by atoms with Gasteiger partial charge >= 0.3 is 12.1 Å². The third-order valence-corrected chi connectivity index (χ3v) is 2.85. The van der Waals surface area contributed by atoms with Crippen LogP contribution in [0.2, 0.25) is 0 Å². The largest absolute Gasteiger partial charge is 0.454 e. The summed E-state index contributed by atoms with van der Waals surface area (Å²) in [7, 11) is 0. The van der Waals surface area contributed by atoms with E-state index in [4.69, 9.17) is 4.74 Å². The Kier molecular flexibility index (Phi) is 5.07. The van der Waals surface area contributed by atoms with E-state index in [2.05, 4.69) is 10.1 Å². The van der Waals surface area contributed by atoms with E-state index in [0.29, 0.717) is 5.56 Å². The SMILES string of the molecule is O=C(CNC(=O)c1ccccc1)OCC(=O)N1CCOC1=O. The van der Waals surface area contributed by atoms with Crippen LogP contribution in [0.5, 0.6) is 0 Å². The molecule has 0 bridgehead atoms. The number of imide groups is 1. The molecular formula is C14H14N2O6. The Morgan fingerprint density at radius 3 is 2.59 bits per heavy atom. The van der Waals surface area contributed by atoms with Crippen LogP contribution in [0, 0.1) is 0 Å². The van der Waals surface area contributed by atoms with Crippen molar-refractivity contribution >= 4 is 23.9 Å². The lowest BCUT2D eigenvalue weighted by atomic mass is 10.2. The maximum Gasteiger partial charge on any atom is 0.416 e. The summed E-state index contributed by atoms with van der Waals surface area (Å²) in [6.07, 6.45) is -0.751. The Hall–Kier alpha value is -2.90. The van der Waals surface area contributed by atoms with E-state index < -0.39 is 30.5 Å². The van der Waals surface area contributed by atoms with Crippen molar-refractivity contribution < 1.29 is 28.7 Å². The van der Waals surface area contributed by atoms with Crippen molar-refractivity contribution in [2.75, 3.05) is 26.3 Å². The number of nitrogens with one attached hydrogen (secondary N) is 1. The molecule has 0 aromatic heterocycles. The molecule has 0 radical (unpaired) electrons. The number of hydrogen-bond acceptors (Lipinski definition) is 6. The Morgan fingerprint density at radius 2 is 1.95 bits per heavy atom. The predicted molar refractivity (Wildman–Crippen MR) is 72.8 cm³/mol. The summed E-state index contributed by atoms with van der Waals surface area (Å²) in [6.45, 7) is -0.674. The second kappa shape index (κ2) is 7.21. The highest BCUT2D eigenvalue weighted by molar-refractivity contribution is 5.96. The molecule has 1 fully saturated rings. The lowest BCUT2D eigenvalue weighted by Crippen LogP contribution is -2.37. The Bertz CT molecular complexity index is 586. The highest BCUT2D eigenvalue weighted by Crippen LogP contribution is 2.03. The van der Waals surface area contributed by atoms with Crippen molar-refractivity contribution in [2.45, 2.75) is 0 Å². The Morgan fingerprint density at radius 1 is 1.23 bits per heavy atom. The second-order valence-electron chi connectivity index (χ2n) is 4.37. The van der Waals surface area contributed by atoms with Gasteiger partial charge in [0, 0.05) is 5.56 Å². The smallest absolute Gasteiger partial charge is 0.416 e. The highest BCUT2D eigenvalue weighted by Gasteiger charge is 2.28. The van der Waals surface area contributed by atoms with Gasteiger partial charge in [-0.05, 0) is 12.1 Å². The van der Waals surface area contributed by atoms with Gasteiger partial charge in [0.05, 0.1) is 6.54 Å². The van der Waals surface area contributed by atoms with Gasteiger partial charge in [0.1, 0.15) is 13.2 Å². The number of esters is 1. The molecule has 0 atom stereocenters. The summed E-state index contributed by atoms with van der Waals surface area (Å²) in [5.41, 5.74) is 0.409. The number of rotatable bonds is 5. The molecule has 0 aliphatic carbocycles. The van der Waals surface area contributed by atoms with Crippen molar-refractivity contribution in [3.8, 4) is 0 Å². The number of amides is 3. The van der Waals surface area contributed by atoms with E-state index in [-0.39, 0.29) is 19.7 Å². The molecule has 0 saturated carbocycles. The van der Waals surface area contributed by atoms with E-state index in [1.54, 1.807) is 30.3 Å². The molecule has 2 rings (SSSR count). The van der Waals surface area contributed by atoms with Crippen LogP contribution in [0.15, 0.2) is 30.3 Å². The van der Waals surface area contributed by atoms with Gasteiger partial charge in [-0.25, -0.2) is 9.69 Å². The molecule has 8 heteroatoms. The van der Waals surface area contributed by atoms with Crippen LogP contribution in [0.25, 0.3) is 0 Å². The van der Waals surface area contributed by atoms with Crippen LogP contribution < -0.4 is 5.32 Å². The first-order chi connectivity index (χ1) is 10.6. The number of ether oxygens (including phenoxy) is 2. The van der Waals surface area contributed by atoms with Crippen molar-refractivity contribution in [1.82, 2.24) is 10.2 Å². The summed E-state index contributed by atoms with van der Waals surface area (Å²) in [6, 6.07) is 8.36. The summed E-state index contributed by atoms with van der Waals surface area (Å²) in [4.78, 5) is 46.7. The highest BCUT2D eigenvalue weighted by atomic mass is 16.6. The van der Waals surface area contributed by atoms with E-state index >= 15 is 0 Å². The minimum atomic E-state index is -0.773. The van der Waals surface area contributed by atoms with Crippen LogP contribution in [0.3, 0.4) is 0 Å². The fourth-order valence-corrected chi connectivity index (χ4v) is 1.74. The van der Waals surface area contributed by atoms with Crippen LogP contribution in [-0.4, -0.2) is 55.1 Å². The number of carbonyl (C=O) groups is 4. The number of nitrogens with zero attached hydrogens (tertiary/aromatic N) is 1. The van der Waals surface area contributed by atoms with Gasteiger partial charge in [-0.3, -0.25) is 14.4 Å². The van der Waals surface area contributed by atoms with E-state index in [1.165, 1.54) is 0 Å². The van der Waals surface area contributed by atoms with E-state index in [0.717, 1.165) is 4.90 Å². The van der Waals surface area contributed by atoms with Crippen LogP contribution in [0.1, 0.15) is 10.4 Å². The van der Waals surface area contributed by atoms with Gasteiger partial charge in [-0.2, -0.15) is 0 Å². The second-order valence-corrected chi connectivity index (χ2v) is 4.37. The number of hydrogen-bond donors (Lipinski definition) is 1. The molecular weight excluding hydrogens is 292 g/mol. The quantitative estimate of drug-likeness (QED) is 0.765. The number of cyclic esters (lactones) is 1. The minimum absolute atomic E-state index is 0.131. The van der Waals surface area contributed by atoms with Crippen molar-refractivity contribution in [1.29, 1.82) is 0 Å². The van der Waals surface area contributed by atoms with Crippen molar-refractivity contribution in [3.05, 3.63) is 35.9 Å². The van der Waals surface area contributed by atoms with Gasteiger partial charge in [0.2, 0.25) is 0 Å². The van der Waals surface area contributed by atoms with Gasteiger partial charge in [-0.1, -0.05) is 18.2 Å². The topological polar surface area (TPSA) is 102 Å². The number of carbonyl (C=O) groups excluding carboxylic acids is 4. The zero-order chi connectivity index (χ0) is 15.9. The Labute approximate surface area is 126 Å². The lowest BCUT2D eigenvalue weighted by molar-refractivity contribution is -0.149. The zero-order valence-electron chi connectivity index (χ0n) is 11.6. The Balaban J connectivity index is 1.71. The van der Waals surface area contributed by atoms with Crippen LogP contribution in [0.4, 0.5) is 4.79 Å². The molecule has 1 aromatic carbocycles. The van der Waals surface area contributed by atoms with Crippen molar-refractivity contribution in [3.63, 3.8) is 0 Å². The molecule has 8 nitrogen and oxygen atoms in total. The molecule has 1 N–H and O–H groups in total. The van der Waals surface area contributed by atoms with Gasteiger partial charge in [0.15, 0.2) is 6.61 Å². The average Bonchev–Trinajstić information content (AvgIpc) is 2.97. The van der Waals surface area contributed by atoms with Gasteiger partial charge < -0.3 is 14.8 Å². The minimum Gasteiger partial charge on any atom is -0.454 e. The van der Waals surface area contributed by atoms with Crippen molar-refractivity contribution in [2.24, 2.45) is 0 Å². The average molecular weight is 306 g/mol. The first-order valence-corrected chi connectivity index (χ1v) is 6.54. The fourth-order valence-electron chi connectivity index (χ4n) is 1.74. The van der Waals surface area contributed by atoms with Crippen LogP contribution in [-0.2, 0) is 19.1 Å². The molecule has 1 aromatic rings. The summed E-state index contributed by atoms with van der Waals surface area (Å²) >= 11 is 0. The molecule has 1 heterocycles. The third-order valence-electron chi connectivity index (χ3n) is 2.85. The molecule has 116 valence electrons. The molecule has 0 unspecified atom stereocenters. The van der Waals surface area contributed by atoms with Gasteiger partial charge in [-0.15, -0.1) is 0 Å². The van der Waals surface area contributed by atoms with Crippen LogP contribution >= 0.6 is 0 Å². The third kappa shape index (κ3) is 4.05. The summed E-state index contributed by atoms with van der Waals surface area (Å²) < 4.78 is 9.29. The monoisotopic (exact) mass is 306 g/mol. The summed E-state index contributed by atoms with van der Waals surface area (Å²) in [5.74, 6) is -1.86. The molecule has 0 spiro atoms. The van der Waals surface area contributed by atoms with Gasteiger partial charge in [0.25, 0.3) is 11.8 Å². The van der Waals surface area contributed by atoms with E-state index in [1.807, 2.05) is 0 Å².